The molecule has 80 valence electrons. The standard InChI is InChI=1S/C14H11FS/c15-13-6-5-10-7-11-3-1-2-4-14(11)16-9-12(10)8-13/h1-6,8H,7,9H2. The van der Waals surface area contributed by atoms with Gasteiger partial charge in [-0.2, -0.15) is 0 Å². The topological polar surface area (TPSA) is 0 Å². The highest BCUT2D eigenvalue weighted by Gasteiger charge is 2.13. The number of thioether (sulfide) groups is 1. The molecule has 2 aromatic rings. The maximum Gasteiger partial charge on any atom is 0.123 e. The molecule has 2 aromatic carbocycles. The van der Waals surface area contributed by atoms with E-state index in [2.05, 4.69) is 24.3 Å². The second kappa shape index (κ2) is 3.95. The van der Waals surface area contributed by atoms with Crippen LogP contribution in [0, 0.1) is 5.82 Å². The molecule has 16 heavy (non-hydrogen) atoms. The summed E-state index contributed by atoms with van der Waals surface area (Å²) in [5, 5.41) is 0. The van der Waals surface area contributed by atoms with E-state index in [0.717, 1.165) is 17.7 Å². The van der Waals surface area contributed by atoms with E-state index in [1.165, 1.54) is 16.0 Å². The Bertz CT molecular complexity index is 534. The monoisotopic (exact) mass is 230 g/mol. The number of halogens is 1. The van der Waals surface area contributed by atoms with Crippen LogP contribution in [0.5, 0.6) is 0 Å². The zero-order valence-electron chi connectivity index (χ0n) is 8.74. The van der Waals surface area contributed by atoms with Gasteiger partial charge < -0.3 is 0 Å². The molecule has 0 bridgehead atoms. The fraction of sp³-hybridized carbons (Fsp3) is 0.143. The summed E-state index contributed by atoms with van der Waals surface area (Å²) in [5.41, 5.74) is 3.72. The van der Waals surface area contributed by atoms with Gasteiger partial charge in [0.1, 0.15) is 5.82 Å². The molecule has 0 radical (unpaired) electrons. The van der Waals surface area contributed by atoms with Gasteiger partial charge in [0.25, 0.3) is 0 Å². The van der Waals surface area contributed by atoms with Gasteiger partial charge in [-0.05, 0) is 41.3 Å². The quantitative estimate of drug-likeness (QED) is 0.658. The van der Waals surface area contributed by atoms with Crippen LogP contribution in [0.25, 0.3) is 0 Å². The fourth-order valence-corrected chi connectivity index (χ4v) is 3.13. The smallest absolute Gasteiger partial charge is 0.123 e. The molecule has 0 aromatic heterocycles. The zero-order valence-corrected chi connectivity index (χ0v) is 9.56. The van der Waals surface area contributed by atoms with Crippen molar-refractivity contribution in [2.75, 3.05) is 0 Å². The van der Waals surface area contributed by atoms with Crippen LogP contribution in [0.3, 0.4) is 0 Å². The number of benzene rings is 2. The van der Waals surface area contributed by atoms with Gasteiger partial charge in [0.2, 0.25) is 0 Å². The fourth-order valence-electron chi connectivity index (χ4n) is 2.05. The summed E-state index contributed by atoms with van der Waals surface area (Å²) in [6.07, 6.45) is 0.915. The Morgan fingerprint density at radius 3 is 2.75 bits per heavy atom. The lowest BCUT2D eigenvalue weighted by atomic mass is 10.0. The summed E-state index contributed by atoms with van der Waals surface area (Å²) in [6.45, 7) is 0. The first-order valence-corrected chi connectivity index (χ1v) is 6.29. The van der Waals surface area contributed by atoms with Gasteiger partial charge >= 0.3 is 0 Å². The molecular formula is C14H11FS. The van der Waals surface area contributed by atoms with E-state index in [4.69, 9.17) is 0 Å². The molecule has 0 nitrogen and oxygen atoms in total. The summed E-state index contributed by atoms with van der Waals surface area (Å²) in [4.78, 5) is 1.32. The Balaban J connectivity index is 2.08. The second-order valence-corrected chi connectivity index (χ2v) is 5.00. The van der Waals surface area contributed by atoms with Gasteiger partial charge in [0, 0.05) is 10.6 Å². The third-order valence-corrected chi connectivity index (χ3v) is 4.07. The van der Waals surface area contributed by atoms with Crippen molar-refractivity contribution in [2.24, 2.45) is 0 Å². The summed E-state index contributed by atoms with van der Waals surface area (Å²) < 4.78 is 13.1. The second-order valence-electron chi connectivity index (χ2n) is 3.99. The van der Waals surface area contributed by atoms with Gasteiger partial charge in [-0.1, -0.05) is 24.3 Å². The number of fused-ring (bicyclic) bond motifs is 2. The van der Waals surface area contributed by atoms with Crippen LogP contribution in [0.1, 0.15) is 16.7 Å². The molecule has 0 spiro atoms. The molecule has 0 saturated heterocycles. The highest BCUT2D eigenvalue weighted by atomic mass is 32.2. The Morgan fingerprint density at radius 1 is 0.938 bits per heavy atom. The van der Waals surface area contributed by atoms with Gasteiger partial charge in [-0.3, -0.25) is 0 Å². The summed E-state index contributed by atoms with van der Waals surface area (Å²) in [7, 11) is 0. The number of hydrogen-bond donors (Lipinski definition) is 0. The molecule has 0 saturated carbocycles. The molecular weight excluding hydrogens is 219 g/mol. The Hall–Kier alpha value is -1.28. The van der Waals surface area contributed by atoms with Crippen molar-refractivity contribution in [1.29, 1.82) is 0 Å². The minimum atomic E-state index is -0.134. The first kappa shape index (κ1) is 9.91. The highest BCUT2D eigenvalue weighted by Crippen LogP contribution is 2.33. The normalized spacial score (nSPS) is 13.8. The van der Waals surface area contributed by atoms with E-state index in [1.807, 2.05) is 6.07 Å². The number of hydrogen-bond acceptors (Lipinski definition) is 1. The Morgan fingerprint density at radius 2 is 1.81 bits per heavy atom. The SMILES string of the molecule is Fc1ccc2c(c1)CSc1ccccc1C2. The van der Waals surface area contributed by atoms with E-state index in [0.29, 0.717) is 0 Å². The first-order valence-electron chi connectivity index (χ1n) is 5.31. The van der Waals surface area contributed by atoms with Crippen molar-refractivity contribution >= 4 is 11.8 Å². The van der Waals surface area contributed by atoms with E-state index in [-0.39, 0.29) is 5.82 Å². The van der Waals surface area contributed by atoms with Gasteiger partial charge in [0.15, 0.2) is 0 Å². The highest BCUT2D eigenvalue weighted by molar-refractivity contribution is 7.98. The van der Waals surface area contributed by atoms with E-state index in [1.54, 1.807) is 23.9 Å². The predicted molar refractivity (Wildman–Crippen MR) is 65.2 cm³/mol. The third kappa shape index (κ3) is 1.74. The molecule has 1 aliphatic heterocycles. The molecule has 3 rings (SSSR count). The minimum Gasteiger partial charge on any atom is -0.207 e. The molecule has 0 fully saturated rings. The van der Waals surface area contributed by atoms with Crippen molar-refractivity contribution < 1.29 is 4.39 Å². The van der Waals surface area contributed by atoms with Gasteiger partial charge in [-0.15, -0.1) is 11.8 Å². The molecule has 0 atom stereocenters. The van der Waals surface area contributed by atoms with Crippen LogP contribution in [-0.4, -0.2) is 0 Å². The zero-order chi connectivity index (χ0) is 11.0. The maximum absolute atomic E-state index is 13.1. The van der Waals surface area contributed by atoms with Crippen LogP contribution < -0.4 is 0 Å². The van der Waals surface area contributed by atoms with Crippen molar-refractivity contribution in [2.45, 2.75) is 17.1 Å². The molecule has 0 unspecified atom stereocenters. The predicted octanol–water partition coefficient (Wildman–Crippen LogP) is 4.02. The van der Waals surface area contributed by atoms with E-state index >= 15 is 0 Å². The lowest BCUT2D eigenvalue weighted by Crippen LogP contribution is -1.92. The molecule has 1 heterocycles. The molecule has 1 aliphatic rings. The molecule has 0 amide bonds. The molecule has 0 N–H and O–H groups in total. The van der Waals surface area contributed by atoms with E-state index in [9.17, 15) is 4.39 Å². The van der Waals surface area contributed by atoms with Crippen molar-refractivity contribution in [3.8, 4) is 0 Å². The average Bonchev–Trinajstić information content (AvgIpc) is 2.48. The minimum absolute atomic E-state index is 0.134. The van der Waals surface area contributed by atoms with E-state index < -0.39 is 0 Å². The third-order valence-electron chi connectivity index (χ3n) is 2.90. The lowest BCUT2D eigenvalue weighted by molar-refractivity contribution is 0.625. The van der Waals surface area contributed by atoms with Gasteiger partial charge in [0.05, 0.1) is 0 Å². The van der Waals surface area contributed by atoms with Crippen LogP contribution in [-0.2, 0) is 12.2 Å². The first-order chi connectivity index (χ1) is 7.83. The summed E-state index contributed by atoms with van der Waals surface area (Å²) in [5.74, 6) is 0.731. The number of rotatable bonds is 0. The lowest BCUT2D eigenvalue weighted by Gasteiger charge is -2.04. The van der Waals surface area contributed by atoms with Crippen LogP contribution in [0.15, 0.2) is 47.4 Å². The summed E-state index contributed by atoms with van der Waals surface area (Å²) in [6, 6.07) is 13.5. The molecule has 0 aliphatic carbocycles. The maximum atomic E-state index is 13.1. The Labute approximate surface area is 98.5 Å². The average molecular weight is 230 g/mol. The summed E-state index contributed by atoms with van der Waals surface area (Å²) >= 11 is 1.79. The van der Waals surface area contributed by atoms with Gasteiger partial charge in [-0.25, -0.2) is 4.39 Å². The van der Waals surface area contributed by atoms with Crippen molar-refractivity contribution in [3.63, 3.8) is 0 Å². The largest absolute Gasteiger partial charge is 0.207 e. The van der Waals surface area contributed by atoms with Crippen LogP contribution in [0.4, 0.5) is 4.39 Å². The van der Waals surface area contributed by atoms with Crippen LogP contribution >= 0.6 is 11.8 Å². The Kier molecular flexibility index (Phi) is 2.44. The van der Waals surface area contributed by atoms with Crippen molar-refractivity contribution in [1.82, 2.24) is 0 Å². The van der Waals surface area contributed by atoms with Crippen molar-refractivity contribution in [3.05, 3.63) is 65.0 Å². The van der Waals surface area contributed by atoms with Crippen LogP contribution in [0.2, 0.25) is 0 Å². The molecule has 2 heteroatoms.